The molecule has 0 saturated carbocycles. The Balaban J connectivity index is 1.47. The Morgan fingerprint density at radius 3 is 1.94 bits per heavy atom. The van der Waals surface area contributed by atoms with Gasteiger partial charge in [0.15, 0.2) is 11.5 Å². The highest BCUT2D eigenvalue weighted by Crippen LogP contribution is 2.46. The van der Waals surface area contributed by atoms with E-state index in [1.165, 1.54) is 0 Å². The van der Waals surface area contributed by atoms with E-state index in [1.807, 2.05) is 91.7 Å². The fraction of sp³-hybridized carbons (Fsp3) is 0.286. The zero-order valence-electron chi connectivity index (χ0n) is 19.5. The van der Waals surface area contributed by atoms with Crippen LogP contribution in [0.25, 0.3) is 11.1 Å². The van der Waals surface area contributed by atoms with Crippen molar-refractivity contribution in [3.05, 3.63) is 99.9 Å². The molecule has 1 fully saturated rings. The number of nitrogens with zero attached hydrogens (tertiary/aromatic N) is 2. The fourth-order valence-corrected chi connectivity index (χ4v) is 5.21. The SMILES string of the molecule is CC1C(=O)C(C)C(c2ccc(Cl)cc2)N(OCCc2nc3ccccc3o2)C1c1ccc(Cl)cc1. The van der Waals surface area contributed by atoms with Gasteiger partial charge in [-0.25, -0.2) is 4.98 Å². The van der Waals surface area contributed by atoms with Gasteiger partial charge < -0.3 is 4.42 Å². The van der Waals surface area contributed by atoms with Gasteiger partial charge in [0.2, 0.25) is 0 Å². The van der Waals surface area contributed by atoms with Gasteiger partial charge in [0.25, 0.3) is 0 Å². The maximum absolute atomic E-state index is 13.4. The van der Waals surface area contributed by atoms with Crippen molar-refractivity contribution in [2.75, 3.05) is 6.61 Å². The van der Waals surface area contributed by atoms with E-state index in [0.29, 0.717) is 29.0 Å². The summed E-state index contributed by atoms with van der Waals surface area (Å²) in [6.45, 7) is 4.29. The molecule has 4 atom stereocenters. The van der Waals surface area contributed by atoms with Gasteiger partial charge in [0.1, 0.15) is 11.3 Å². The summed E-state index contributed by atoms with van der Waals surface area (Å²) in [5.74, 6) is 0.285. The summed E-state index contributed by atoms with van der Waals surface area (Å²) in [7, 11) is 0. The number of Topliss-reactive ketones (excluding diaryl/α,β-unsaturated/α-hetero) is 1. The number of fused-ring (bicyclic) bond motifs is 1. The van der Waals surface area contributed by atoms with Crippen LogP contribution in [0.4, 0.5) is 0 Å². The quantitative estimate of drug-likeness (QED) is 0.274. The van der Waals surface area contributed by atoms with Crippen molar-refractivity contribution in [2.45, 2.75) is 32.4 Å². The molecule has 1 aromatic heterocycles. The van der Waals surface area contributed by atoms with Crippen LogP contribution in [-0.2, 0) is 16.1 Å². The minimum atomic E-state index is -0.278. The Kier molecular flexibility index (Phi) is 6.94. The number of para-hydroxylation sites is 2. The van der Waals surface area contributed by atoms with Gasteiger partial charge in [-0.1, -0.05) is 73.4 Å². The van der Waals surface area contributed by atoms with Gasteiger partial charge >= 0.3 is 0 Å². The molecule has 2 heterocycles. The van der Waals surface area contributed by atoms with E-state index in [1.54, 1.807) is 0 Å². The van der Waals surface area contributed by atoms with Crippen molar-refractivity contribution in [1.82, 2.24) is 10.0 Å². The largest absolute Gasteiger partial charge is 0.441 e. The second-order valence-electron chi connectivity index (χ2n) is 8.99. The van der Waals surface area contributed by atoms with Gasteiger partial charge in [-0.2, -0.15) is 5.06 Å². The number of carbonyl (C=O) groups excluding carboxylic acids is 1. The number of halogens is 2. The molecule has 3 aromatic carbocycles. The number of hydrogen-bond acceptors (Lipinski definition) is 5. The monoisotopic (exact) mass is 508 g/mol. The van der Waals surface area contributed by atoms with Crippen LogP contribution >= 0.6 is 23.2 Å². The Bertz CT molecular complexity index is 1230. The molecule has 0 bridgehead atoms. The van der Waals surface area contributed by atoms with Crippen LogP contribution in [0.1, 0.15) is 42.9 Å². The lowest BCUT2D eigenvalue weighted by Crippen LogP contribution is -2.49. The van der Waals surface area contributed by atoms with Crippen LogP contribution in [0.2, 0.25) is 10.0 Å². The topological polar surface area (TPSA) is 55.6 Å². The van der Waals surface area contributed by atoms with Crippen LogP contribution in [0, 0.1) is 11.8 Å². The van der Waals surface area contributed by atoms with Crippen molar-refractivity contribution in [2.24, 2.45) is 11.8 Å². The average molecular weight is 509 g/mol. The van der Waals surface area contributed by atoms with Crippen molar-refractivity contribution in [1.29, 1.82) is 0 Å². The number of piperidine rings is 1. The number of ketones is 1. The van der Waals surface area contributed by atoms with Gasteiger partial charge in [-0.3, -0.25) is 9.63 Å². The highest BCUT2D eigenvalue weighted by atomic mass is 35.5. The molecule has 0 amide bonds. The maximum atomic E-state index is 13.4. The number of carbonyl (C=O) groups is 1. The summed E-state index contributed by atoms with van der Waals surface area (Å²) in [5.41, 5.74) is 3.53. The lowest BCUT2D eigenvalue weighted by atomic mass is 9.76. The summed E-state index contributed by atoms with van der Waals surface area (Å²) in [6, 6.07) is 22.4. The van der Waals surface area contributed by atoms with E-state index in [0.717, 1.165) is 22.2 Å². The fourth-order valence-electron chi connectivity index (χ4n) is 4.96. The third kappa shape index (κ3) is 4.87. The maximum Gasteiger partial charge on any atom is 0.197 e. The Morgan fingerprint density at radius 2 is 1.40 bits per heavy atom. The molecule has 35 heavy (non-hydrogen) atoms. The molecule has 5 nitrogen and oxygen atoms in total. The highest BCUT2D eigenvalue weighted by Gasteiger charge is 2.47. The van der Waals surface area contributed by atoms with E-state index in [-0.39, 0.29) is 29.7 Å². The summed E-state index contributed by atoms with van der Waals surface area (Å²) < 4.78 is 5.87. The minimum Gasteiger partial charge on any atom is -0.441 e. The normalized spacial score (nSPS) is 23.1. The Labute approximate surface area is 214 Å². The molecule has 180 valence electrons. The van der Waals surface area contributed by atoms with Crippen molar-refractivity contribution in [3.63, 3.8) is 0 Å². The van der Waals surface area contributed by atoms with Crippen LogP contribution in [0.5, 0.6) is 0 Å². The highest BCUT2D eigenvalue weighted by molar-refractivity contribution is 6.30. The molecular weight excluding hydrogens is 483 g/mol. The Morgan fingerprint density at radius 1 is 0.857 bits per heavy atom. The predicted molar refractivity (Wildman–Crippen MR) is 137 cm³/mol. The third-order valence-electron chi connectivity index (χ3n) is 6.71. The van der Waals surface area contributed by atoms with E-state index in [2.05, 4.69) is 4.98 Å². The average Bonchev–Trinajstić information content (AvgIpc) is 3.28. The molecule has 0 aliphatic carbocycles. The molecule has 7 heteroatoms. The van der Waals surface area contributed by atoms with E-state index >= 15 is 0 Å². The van der Waals surface area contributed by atoms with Gasteiger partial charge in [0.05, 0.1) is 18.7 Å². The van der Waals surface area contributed by atoms with Crippen molar-refractivity contribution >= 4 is 40.1 Å². The van der Waals surface area contributed by atoms with Gasteiger partial charge in [0, 0.05) is 28.3 Å². The van der Waals surface area contributed by atoms with Gasteiger partial charge in [-0.05, 0) is 47.5 Å². The van der Waals surface area contributed by atoms with Crippen molar-refractivity contribution < 1.29 is 14.0 Å². The molecule has 0 spiro atoms. The Hall–Kier alpha value is -2.70. The molecule has 1 saturated heterocycles. The van der Waals surface area contributed by atoms with Crippen LogP contribution in [0.3, 0.4) is 0 Å². The van der Waals surface area contributed by atoms with Crippen LogP contribution in [-0.4, -0.2) is 22.4 Å². The third-order valence-corrected chi connectivity index (χ3v) is 7.21. The van der Waals surface area contributed by atoms with Crippen molar-refractivity contribution in [3.8, 4) is 0 Å². The molecule has 0 N–H and O–H groups in total. The standard InChI is InChI=1S/C28H26Cl2N2O3/c1-17-26(19-7-11-21(29)12-8-19)32(27(18(2)28(17)33)20-9-13-22(30)14-10-20)34-16-15-25-31-23-5-3-4-6-24(23)35-25/h3-14,17-18,26-27H,15-16H2,1-2H3. The summed E-state index contributed by atoms with van der Waals surface area (Å²) in [4.78, 5) is 24.5. The van der Waals surface area contributed by atoms with E-state index in [9.17, 15) is 4.79 Å². The molecular formula is C28H26Cl2N2O3. The first-order valence-electron chi connectivity index (χ1n) is 11.7. The molecule has 1 aliphatic heterocycles. The second kappa shape index (κ2) is 10.1. The van der Waals surface area contributed by atoms with Crippen LogP contribution in [0.15, 0.2) is 77.2 Å². The number of rotatable bonds is 6. The summed E-state index contributed by atoms with van der Waals surface area (Å²) >= 11 is 12.3. The number of hydrogen-bond donors (Lipinski definition) is 0. The molecule has 4 aromatic rings. The lowest BCUT2D eigenvalue weighted by molar-refractivity contribution is -0.247. The molecule has 5 rings (SSSR count). The number of aromatic nitrogens is 1. The summed E-state index contributed by atoms with van der Waals surface area (Å²) in [6.07, 6.45) is 0.503. The molecule has 1 aliphatic rings. The molecule has 0 radical (unpaired) electrons. The first kappa shape index (κ1) is 24.0. The smallest absolute Gasteiger partial charge is 0.197 e. The number of hydroxylamine groups is 2. The van der Waals surface area contributed by atoms with Crippen LogP contribution < -0.4 is 0 Å². The molecule has 4 unspecified atom stereocenters. The first-order valence-corrected chi connectivity index (χ1v) is 12.5. The zero-order chi connectivity index (χ0) is 24.5. The van der Waals surface area contributed by atoms with E-state index in [4.69, 9.17) is 32.5 Å². The van der Waals surface area contributed by atoms with Gasteiger partial charge in [-0.15, -0.1) is 0 Å². The second-order valence-corrected chi connectivity index (χ2v) is 9.86. The summed E-state index contributed by atoms with van der Waals surface area (Å²) in [5, 5.41) is 3.27. The van der Waals surface area contributed by atoms with E-state index < -0.39 is 0 Å². The zero-order valence-corrected chi connectivity index (χ0v) is 21.0. The number of oxazole rings is 1. The first-order chi connectivity index (χ1) is 16.9. The minimum absolute atomic E-state index is 0.198. The lowest BCUT2D eigenvalue weighted by Gasteiger charge is -2.47. The predicted octanol–water partition coefficient (Wildman–Crippen LogP) is 7.25. The number of benzene rings is 3.